The SMILES string of the molecule is CCCCN(P(c1ccccc1)c1ccccc1)P1C=CC[C@@H]1c1ccccc1. The van der Waals surface area contributed by atoms with Crippen LogP contribution in [-0.2, 0) is 0 Å². The lowest BCUT2D eigenvalue weighted by atomic mass is 10.1. The van der Waals surface area contributed by atoms with Crippen molar-refractivity contribution >= 4 is 26.8 Å². The first-order chi connectivity index (χ1) is 14.4. The number of rotatable bonds is 8. The molecule has 0 N–H and O–H groups in total. The van der Waals surface area contributed by atoms with Crippen LogP contribution in [0, 0.1) is 0 Å². The topological polar surface area (TPSA) is 3.24 Å². The Kier molecular flexibility index (Phi) is 7.28. The highest BCUT2D eigenvalue weighted by Crippen LogP contribution is 2.67. The molecule has 148 valence electrons. The molecule has 0 aliphatic carbocycles. The first kappa shape index (κ1) is 20.5. The summed E-state index contributed by atoms with van der Waals surface area (Å²) < 4.78 is 2.88. The van der Waals surface area contributed by atoms with Gasteiger partial charge in [0, 0.05) is 28.3 Å². The average molecular weight is 417 g/mol. The van der Waals surface area contributed by atoms with Gasteiger partial charge < -0.3 is 0 Å². The minimum Gasteiger partial charge on any atom is -0.248 e. The van der Waals surface area contributed by atoms with Gasteiger partial charge >= 0.3 is 0 Å². The molecular weight excluding hydrogens is 388 g/mol. The van der Waals surface area contributed by atoms with E-state index in [1.807, 2.05) is 0 Å². The van der Waals surface area contributed by atoms with Crippen LogP contribution in [-0.4, -0.2) is 11.0 Å². The minimum atomic E-state index is -0.543. The Morgan fingerprint density at radius 2 is 1.38 bits per heavy atom. The van der Waals surface area contributed by atoms with Crippen molar-refractivity contribution in [1.82, 2.24) is 4.44 Å². The van der Waals surface area contributed by atoms with Gasteiger partial charge in [0.15, 0.2) is 0 Å². The number of nitrogens with zero attached hydrogens (tertiary/aromatic N) is 1. The summed E-state index contributed by atoms with van der Waals surface area (Å²) in [4.78, 5) is 0. The molecule has 0 saturated carbocycles. The maximum absolute atomic E-state index is 2.88. The van der Waals surface area contributed by atoms with Gasteiger partial charge in [0.05, 0.1) is 0 Å². The zero-order valence-corrected chi connectivity index (χ0v) is 18.9. The van der Waals surface area contributed by atoms with E-state index in [4.69, 9.17) is 0 Å². The van der Waals surface area contributed by atoms with Gasteiger partial charge in [-0.15, -0.1) is 0 Å². The normalized spacial score (nSPS) is 18.6. The van der Waals surface area contributed by atoms with E-state index in [1.54, 1.807) is 0 Å². The monoisotopic (exact) mass is 417 g/mol. The van der Waals surface area contributed by atoms with E-state index in [0.717, 1.165) is 13.0 Å². The second kappa shape index (κ2) is 10.3. The highest BCUT2D eigenvalue weighted by molar-refractivity contribution is 7.80. The molecule has 0 bridgehead atoms. The van der Waals surface area contributed by atoms with Crippen molar-refractivity contribution in [2.45, 2.75) is 31.8 Å². The predicted molar refractivity (Wildman–Crippen MR) is 131 cm³/mol. The molecule has 0 radical (unpaired) electrons. The molecule has 1 aliphatic rings. The average Bonchev–Trinajstić information content (AvgIpc) is 3.28. The quantitative estimate of drug-likeness (QED) is 0.351. The van der Waals surface area contributed by atoms with E-state index in [9.17, 15) is 0 Å². The van der Waals surface area contributed by atoms with E-state index in [0.29, 0.717) is 5.66 Å². The third-order valence-electron chi connectivity index (χ3n) is 5.33. The smallest absolute Gasteiger partial charge is 0.0320 e. The molecule has 0 amide bonds. The van der Waals surface area contributed by atoms with E-state index < -0.39 is 8.07 Å². The highest BCUT2D eigenvalue weighted by Gasteiger charge is 2.34. The molecule has 0 spiro atoms. The summed E-state index contributed by atoms with van der Waals surface area (Å²) in [6.07, 6.45) is 6.05. The van der Waals surface area contributed by atoms with Crippen LogP contribution in [0.2, 0.25) is 0 Å². The molecule has 3 aromatic carbocycles. The van der Waals surface area contributed by atoms with E-state index in [1.165, 1.54) is 29.0 Å². The predicted octanol–water partition coefficient (Wildman–Crippen LogP) is 7.19. The molecule has 3 aromatic rings. The van der Waals surface area contributed by atoms with Crippen molar-refractivity contribution in [3.05, 3.63) is 108 Å². The lowest BCUT2D eigenvalue weighted by molar-refractivity contribution is 0.637. The molecule has 0 saturated heterocycles. The maximum atomic E-state index is 2.88. The number of hydrogen-bond acceptors (Lipinski definition) is 1. The Morgan fingerprint density at radius 3 is 1.93 bits per heavy atom. The van der Waals surface area contributed by atoms with Crippen LogP contribution in [0.1, 0.15) is 37.4 Å². The second-order valence-corrected chi connectivity index (χ2v) is 12.0. The Balaban J connectivity index is 1.76. The summed E-state index contributed by atoms with van der Waals surface area (Å²) in [5.41, 5.74) is 2.08. The summed E-state index contributed by atoms with van der Waals surface area (Å²) in [7, 11) is -0.908. The van der Waals surface area contributed by atoms with Crippen molar-refractivity contribution in [1.29, 1.82) is 0 Å². The second-order valence-electron chi connectivity index (χ2n) is 7.36. The van der Waals surface area contributed by atoms with Crippen LogP contribution in [0.5, 0.6) is 0 Å². The lowest BCUT2D eigenvalue weighted by Gasteiger charge is -2.39. The van der Waals surface area contributed by atoms with Crippen LogP contribution >= 0.6 is 16.1 Å². The van der Waals surface area contributed by atoms with Gasteiger partial charge in [-0.3, -0.25) is 0 Å². The summed E-state index contributed by atoms with van der Waals surface area (Å²) in [5.74, 6) is 2.53. The van der Waals surface area contributed by atoms with Crippen molar-refractivity contribution in [3.63, 3.8) is 0 Å². The fourth-order valence-electron chi connectivity index (χ4n) is 3.88. The van der Waals surface area contributed by atoms with Gasteiger partial charge in [-0.25, -0.2) is 4.44 Å². The van der Waals surface area contributed by atoms with Crippen molar-refractivity contribution < 1.29 is 0 Å². The van der Waals surface area contributed by atoms with Gasteiger partial charge in [-0.1, -0.05) is 110 Å². The third-order valence-corrected chi connectivity index (χ3v) is 11.1. The molecule has 1 nitrogen and oxygen atoms in total. The molecular formula is C26H29NP2. The molecule has 1 unspecified atom stereocenters. The molecule has 2 atom stereocenters. The van der Waals surface area contributed by atoms with E-state index >= 15 is 0 Å². The van der Waals surface area contributed by atoms with Crippen molar-refractivity contribution in [2.75, 3.05) is 6.54 Å². The number of benzene rings is 3. The number of hydrogen-bond donors (Lipinski definition) is 0. The van der Waals surface area contributed by atoms with Crippen LogP contribution in [0.25, 0.3) is 0 Å². The highest BCUT2D eigenvalue weighted by atomic mass is 31.2. The molecule has 0 fully saturated rings. The zero-order chi connectivity index (χ0) is 19.9. The summed E-state index contributed by atoms with van der Waals surface area (Å²) in [6, 6.07) is 33.5. The largest absolute Gasteiger partial charge is 0.248 e. The first-order valence-electron chi connectivity index (χ1n) is 10.6. The molecule has 29 heavy (non-hydrogen) atoms. The van der Waals surface area contributed by atoms with Gasteiger partial charge in [-0.2, -0.15) is 0 Å². The fraction of sp³-hybridized carbons (Fsp3) is 0.231. The minimum absolute atomic E-state index is 0.365. The maximum Gasteiger partial charge on any atom is 0.0320 e. The Morgan fingerprint density at radius 1 is 0.828 bits per heavy atom. The van der Waals surface area contributed by atoms with Gasteiger partial charge in [0.25, 0.3) is 0 Å². The molecule has 4 rings (SSSR count). The molecule has 1 aliphatic heterocycles. The summed E-state index contributed by atoms with van der Waals surface area (Å²) in [6.45, 7) is 3.46. The third kappa shape index (κ3) is 4.87. The summed E-state index contributed by atoms with van der Waals surface area (Å²) in [5, 5.41) is 2.92. The van der Waals surface area contributed by atoms with Crippen LogP contribution < -0.4 is 10.6 Å². The van der Waals surface area contributed by atoms with Gasteiger partial charge in [-0.05, 0) is 34.8 Å². The fourth-order valence-corrected chi connectivity index (χ4v) is 10.2. The Labute approximate surface area is 178 Å². The standard InChI is InChI=1S/C26H29NP2/c1-2-3-21-27(28-22-13-20-26(28)23-14-7-4-8-15-23)29(24-16-9-5-10-17-24)25-18-11-6-12-19-25/h4-19,22,26H,2-3,20-21H2,1H3/t26-,28?/m1/s1. The van der Waals surface area contributed by atoms with Crippen LogP contribution in [0.4, 0.5) is 0 Å². The van der Waals surface area contributed by atoms with Crippen molar-refractivity contribution in [2.24, 2.45) is 0 Å². The Bertz CT molecular complexity index is 856. The lowest BCUT2D eigenvalue weighted by Crippen LogP contribution is -2.26. The van der Waals surface area contributed by atoms with Crippen LogP contribution in [0.3, 0.4) is 0 Å². The van der Waals surface area contributed by atoms with Crippen molar-refractivity contribution in [3.8, 4) is 0 Å². The van der Waals surface area contributed by atoms with Gasteiger partial charge in [0.2, 0.25) is 0 Å². The summed E-state index contributed by atoms with van der Waals surface area (Å²) >= 11 is 0. The number of allylic oxidation sites excluding steroid dienone is 1. The zero-order valence-electron chi connectivity index (χ0n) is 17.1. The van der Waals surface area contributed by atoms with Gasteiger partial charge in [0.1, 0.15) is 0 Å². The van der Waals surface area contributed by atoms with E-state index in [-0.39, 0.29) is 8.07 Å². The first-order valence-corrected chi connectivity index (χ1v) is 13.3. The van der Waals surface area contributed by atoms with Crippen LogP contribution in [0.15, 0.2) is 103 Å². The molecule has 1 heterocycles. The number of unbranched alkanes of at least 4 members (excludes halogenated alkanes) is 1. The molecule has 3 heteroatoms. The molecule has 0 aromatic heterocycles. The van der Waals surface area contributed by atoms with E-state index in [2.05, 4.69) is 114 Å². The Hall–Kier alpha value is -1.78.